The van der Waals surface area contributed by atoms with Crippen molar-refractivity contribution in [2.45, 2.75) is 18.4 Å². The lowest BCUT2D eigenvalue weighted by Gasteiger charge is -2.36. The molecule has 0 atom stereocenters. The number of hydrogen-bond acceptors (Lipinski definition) is 3. The molecule has 1 aromatic rings. The van der Waals surface area contributed by atoms with Crippen molar-refractivity contribution in [1.82, 2.24) is 5.32 Å². The smallest absolute Gasteiger partial charge is 0.0702 e. The van der Waals surface area contributed by atoms with Crippen LogP contribution in [0, 0.1) is 0 Å². The van der Waals surface area contributed by atoms with Gasteiger partial charge in [0.2, 0.25) is 0 Å². The third-order valence-electron chi connectivity index (χ3n) is 2.87. The van der Waals surface area contributed by atoms with Crippen molar-refractivity contribution in [3.63, 3.8) is 0 Å². The van der Waals surface area contributed by atoms with Crippen molar-refractivity contribution in [2.24, 2.45) is 0 Å². The molecule has 2 heterocycles. The van der Waals surface area contributed by atoms with E-state index in [2.05, 4.69) is 33.4 Å². The minimum absolute atomic E-state index is 0.148. The first-order valence-electron chi connectivity index (χ1n) is 4.79. The first-order chi connectivity index (χ1) is 6.77. The van der Waals surface area contributed by atoms with Crippen LogP contribution < -0.4 is 5.32 Å². The topological polar surface area (TPSA) is 21.3 Å². The maximum atomic E-state index is 5.41. The molecule has 0 saturated carbocycles. The summed E-state index contributed by atoms with van der Waals surface area (Å²) in [6.45, 7) is 1.71. The third kappa shape index (κ3) is 1.89. The Morgan fingerprint density at radius 2 is 2.14 bits per heavy atom. The molecule has 2 rings (SSSR count). The second kappa shape index (κ2) is 4.31. The summed E-state index contributed by atoms with van der Waals surface area (Å²) in [6, 6.07) is 4.32. The maximum absolute atomic E-state index is 5.41. The zero-order valence-corrected chi connectivity index (χ0v) is 10.6. The van der Waals surface area contributed by atoms with Crippen molar-refractivity contribution >= 4 is 27.3 Å². The van der Waals surface area contributed by atoms with Crippen molar-refractivity contribution in [3.8, 4) is 0 Å². The van der Waals surface area contributed by atoms with Crippen LogP contribution in [0.2, 0.25) is 0 Å². The van der Waals surface area contributed by atoms with Gasteiger partial charge < -0.3 is 10.1 Å². The van der Waals surface area contributed by atoms with Crippen LogP contribution in [0.1, 0.15) is 17.7 Å². The van der Waals surface area contributed by atoms with Gasteiger partial charge in [-0.2, -0.15) is 0 Å². The molecule has 1 aromatic heterocycles. The van der Waals surface area contributed by atoms with E-state index < -0.39 is 0 Å². The second-order valence-corrected chi connectivity index (χ2v) is 6.01. The molecule has 1 saturated heterocycles. The summed E-state index contributed by atoms with van der Waals surface area (Å²) in [5, 5.41) is 3.46. The fraction of sp³-hybridized carbons (Fsp3) is 0.600. The predicted octanol–water partition coefficient (Wildman–Crippen LogP) is 2.74. The summed E-state index contributed by atoms with van der Waals surface area (Å²) < 4.78 is 6.61. The van der Waals surface area contributed by atoms with Crippen LogP contribution in [0.5, 0.6) is 0 Å². The van der Waals surface area contributed by atoms with Gasteiger partial charge in [0.1, 0.15) is 0 Å². The molecule has 0 radical (unpaired) electrons. The molecular formula is C10H14BrNOS. The van der Waals surface area contributed by atoms with Crippen LogP contribution in [0.25, 0.3) is 0 Å². The number of ether oxygens (including phenoxy) is 1. The fourth-order valence-corrected chi connectivity index (χ4v) is 3.55. The van der Waals surface area contributed by atoms with E-state index in [1.165, 1.54) is 8.66 Å². The highest BCUT2D eigenvalue weighted by molar-refractivity contribution is 9.11. The highest BCUT2D eigenvalue weighted by Gasteiger charge is 2.33. The van der Waals surface area contributed by atoms with Gasteiger partial charge in [0.15, 0.2) is 0 Å². The SMILES string of the molecule is CNC1(c2ccc(Br)s2)CCOCC1. The molecule has 78 valence electrons. The standard InChI is InChI=1S/C10H14BrNOS/c1-12-10(4-6-13-7-5-10)8-2-3-9(11)14-8/h2-3,12H,4-7H2,1H3. The van der Waals surface area contributed by atoms with E-state index in [4.69, 9.17) is 4.74 Å². The number of halogens is 1. The molecule has 2 nitrogen and oxygen atoms in total. The summed E-state index contributed by atoms with van der Waals surface area (Å²) in [6.07, 6.45) is 2.13. The molecular weight excluding hydrogens is 262 g/mol. The molecule has 0 aromatic carbocycles. The fourth-order valence-electron chi connectivity index (χ4n) is 1.91. The van der Waals surface area contributed by atoms with E-state index in [1.54, 1.807) is 0 Å². The van der Waals surface area contributed by atoms with Gasteiger partial charge in [-0.05, 0) is 48.0 Å². The van der Waals surface area contributed by atoms with Gasteiger partial charge in [-0.15, -0.1) is 11.3 Å². The predicted molar refractivity (Wildman–Crippen MR) is 62.8 cm³/mol. The summed E-state index contributed by atoms with van der Waals surface area (Å²) in [4.78, 5) is 1.41. The zero-order valence-electron chi connectivity index (χ0n) is 8.18. The van der Waals surface area contributed by atoms with Gasteiger partial charge in [-0.1, -0.05) is 0 Å². The molecule has 1 aliphatic rings. The average Bonchev–Trinajstić information content (AvgIpc) is 2.66. The van der Waals surface area contributed by atoms with Gasteiger partial charge in [-0.3, -0.25) is 0 Å². The number of nitrogens with one attached hydrogen (secondary N) is 1. The Labute approximate surface area is 96.8 Å². The Bertz CT molecular complexity index is 307. The van der Waals surface area contributed by atoms with Crippen LogP contribution in [-0.4, -0.2) is 20.3 Å². The minimum Gasteiger partial charge on any atom is -0.381 e. The van der Waals surface area contributed by atoms with E-state index in [-0.39, 0.29) is 5.54 Å². The molecule has 4 heteroatoms. The first kappa shape index (κ1) is 10.6. The summed E-state index contributed by atoms with van der Waals surface area (Å²) in [5.74, 6) is 0. The monoisotopic (exact) mass is 275 g/mol. The Morgan fingerprint density at radius 3 is 2.64 bits per heavy atom. The molecule has 0 spiro atoms. The first-order valence-corrected chi connectivity index (χ1v) is 6.40. The van der Waals surface area contributed by atoms with Crippen LogP contribution in [0.15, 0.2) is 15.9 Å². The highest BCUT2D eigenvalue weighted by atomic mass is 79.9. The number of rotatable bonds is 2. The van der Waals surface area contributed by atoms with E-state index in [0.29, 0.717) is 0 Å². The molecule has 0 aliphatic carbocycles. The normalized spacial score (nSPS) is 21.0. The average molecular weight is 276 g/mol. The van der Waals surface area contributed by atoms with Crippen molar-refractivity contribution in [1.29, 1.82) is 0 Å². The van der Waals surface area contributed by atoms with E-state index in [9.17, 15) is 0 Å². The van der Waals surface area contributed by atoms with E-state index in [0.717, 1.165) is 26.1 Å². The Morgan fingerprint density at radius 1 is 1.43 bits per heavy atom. The maximum Gasteiger partial charge on any atom is 0.0702 e. The largest absolute Gasteiger partial charge is 0.381 e. The molecule has 1 N–H and O–H groups in total. The van der Waals surface area contributed by atoms with Crippen LogP contribution in [-0.2, 0) is 10.3 Å². The molecule has 0 bridgehead atoms. The van der Waals surface area contributed by atoms with Gasteiger partial charge in [-0.25, -0.2) is 0 Å². The molecule has 0 unspecified atom stereocenters. The molecule has 1 aliphatic heterocycles. The Hall–Kier alpha value is 0.1000. The van der Waals surface area contributed by atoms with Crippen molar-refractivity contribution in [2.75, 3.05) is 20.3 Å². The highest BCUT2D eigenvalue weighted by Crippen LogP contribution is 2.37. The second-order valence-electron chi connectivity index (χ2n) is 3.55. The molecule has 0 amide bonds. The third-order valence-corrected chi connectivity index (χ3v) is 4.70. The Kier molecular flexibility index (Phi) is 3.27. The zero-order chi connectivity index (χ0) is 10.0. The van der Waals surface area contributed by atoms with Gasteiger partial charge in [0, 0.05) is 18.1 Å². The quantitative estimate of drug-likeness (QED) is 0.896. The number of hydrogen-bond donors (Lipinski definition) is 1. The Balaban J connectivity index is 2.26. The summed E-state index contributed by atoms with van der Waals surface area (Å²) in [5.41, 5.74) is 0.148. The number of thiophene rings is 1. The van der Waals surface area contributed by atoms with Crippen LogP contribution in [0.4, 0.5) is 0 Å². The lowest BCUT2D eigenvalue weighted by atomic mass is 9.89. The molecule has 14 heavy (non-hydrogen) atoms. The van der Waals surface area contributed by atoms with Crippen LogP contribution in [0.3, 0.4) is 0 Å². The van der Waals surface area contributed by atoms with E-state index in [1.807, 2.05) is 18.4 Å². The van der Waals surface area contributed by atoms with E-state index >= 15 is 0 Å². The molecule has 1 fully saturated rings. The minimum atomic E-state index is 0.148. The lowest BCUT2D eigenvalue weighted by Crippen LogP contribution is -2.44. The van der Waals surface area contributed by atoms with Gasteiger partial charge in [0.25, 0.3) is 0 Å². The van der Waals surface area contributed by atoms with Gasteiger partial charge in [0.05, 0.1) is 9.33 Å². The van der Waals surface area contributed by atoms with Gasteiger partial charge >= 0.3 is 0 Å². The van der Waals surface area contributed by atoms with Crippen molar-refractivity contribution in [3.05, 3.63) is 20.8 Å². The van der Waals surface area contributed by atoms with Crippen molar-refractivity contribution < 1.29 is 4.74 Å². The lowest BCUT2D eigenvalue weighted by molar-refractivity contribution is 0.0412. The summed E-state index contributed by atoms with van der Waals surface area (Å²) in [7, 11) is 2.04. The summed E-state index contributed by atoms with van der Waals surface area (Å²) >= 11 is 5.33. The van der Waals surface area contributed by atoms with Crippen LogP contribution >= 0.6 is 27.3 Å².